The van der Waals surface area contributed by atoms with Gasteiger partial charge in [0, 0.05) is 18.7 Å². The van der Waals surface area contributed by atoms with E-state index >= 15 is 0 Å². The number of rotatable bonds is 11. The van der Waals surface area contributed by atoms with Gasteiger partial charge in [0.25, 0.3) is 0 Å². The Bertz CT molecular complexity index is 1050. The number of thiol groups is 1. The largest absolute Gasteiger partial charge is 0.480 e. The molecule has 1 aliphatic heterocycles. The number of aliphatic carboxylic acids is 1. The number of hydrogen-bond donors (Lipinski definition) is 5. The van der Waals surface area contributed by atoms with Gasteiger partial charge in [0.2, 0.25) is 17.7 Å². The van der Waals surface area contributed by atoms with Crippen molar-refractivity contribution in [3.05, 3.63) is 71.8 Å². The average Bonchev–Trinajstić information content (AvgIpc) is 3.37. The van der Waals surface area contributed by atoms with Crippen LogP contribution in [0.5, 0.6) is 0 Å². The predicted molar refractivity (Wildman–Crippen MR) is 138 cm³/mol. The molecule has 10 heteroatoms. The fraction of sp³-hybridized carbons (Fsp3) is 0.385. The summed E-state index contributed by atoms with van der Waals surface area (Å²) in [6.45, 7) is 0.398. The number of carboxylic acid groups (broad SMARTS) is 1. The van der Waals surface area contributed by atoms with Crippen LogP contribution < -0.4 is 16.4 Å². The van der Waals surface area contributed by atoms with E-state index in [1.165, 1.54) is 4.90 Å². The monoisotopic (exact) mass is 512 g/mol. The number of nitrogens with one attached hydrogen (secondary N) is 2. The number of nitrogens with zero attached hydrogens (tertiary/aromatic N) is 1. The summed E-state index contributed by atoms with van der Waals surface area (Å²) < 4.78 is 0. The van der Waals surface area contributed by atoms with Gasteiger partial charge in [-0.3, -0.25) is 14.4 Å². The number of nitrogens with two attached hydrogens (primary N) is 1. The Morgan fingerprint density at radius 1 is 0.944 bits per heavy atom. The van der Waals surface area contributed by atoms with E-state index in [-0.39, 0.29) is 18.1 Å². The highest BCUT2D eigenvalue weighted by atomic mass is 32.1. The average molecular weight is 513 g/mol. The van der Waals surface area contributed by atoms with E-state index in [4.69, 9.17) is 5.73 Å². The number of hydrogen-bond acceptors (Lipinski definition) is 6. The third-order valence-electron chi connectivity index (χ3n) is 6.17. The van der Waals surface area contributed by atoms with Gasteiger partial charge in [-0.15, -0.1) is 0 Å². The smallest absolute Gasteiger partial charge is 0.326 e. The molecule has 36 heavy (non-hydrogen) atoms. The summed E-state index contributed by atoms with van der Waals surface area (Å²) in [6, 6.07) is 14.6. The first kappa shape index (κ1) is 27.2. The van der Waals surface area contributed by atoms with Gasteiger partial charge in [-0.1, -0.05) is 60.7 Å². The van der Waals surface area contributed by atoms with Crippen LogP contribution in [0.1, 0.15) is 24.0 Å². The van der Waals surface area contributed by atoms with Gasteiger partial charge in [0.15, 0.2) is 0 Å². The summed E-state index contributed by atoms with van der Waals surface area (Å²) in [4.78, 5) is 52.1. The first-order chi connectivity index (χ1) is 17.3. The summed E-state index contributed by atoms with van der Waals surface area (Å²) in [5.41, 5.74) is 7.84. The second-order valence-corrected chi connectivity index (χ2v) is 9.18. The molecule has 1 aliphatic rings. The van der Waals surface area contributed by atoms with E-state index in [2.05, 4.69) is 23.3 Å². The normalized spacial score (nSPS) is 17.6. The SMILES string of the molecule is NC(Cc1ccccc1)C(=O)N1CCCC1C(=O)NC(CS)C(=O)NC(Cc1ccccc1)C(=O)O. The summed E-state index contributed by atoms with van der Waals surface area (Å²) in [7, 11) is 0. The van der Waals surface area contributed by atoms with Crippen LogP contribution in [0.15, 0.2) is 60.7 Å². The second-order valence-electron chi connectivity index (χ2n) is 8.82. The minimum Gasteiger partial charge on any atom is -0.480 e. The number of amides is 3. The molecule has 1 fully saturated rings. The molecular formula is C26H32N4O5S. The van der Waals surface area contributed by atoms with Gasteiger partial charge in [-0.25, -0.2) is 4.79 Å². The van der Waals surface area contributed by atoms with Crippen molar-refractivity contribution in [2.45, 2.75) is 49.9 Å². The molecule has 1 heterocycles. The summed E-state index contributed by atoms with van der Waals surface area (Å²) >= 11 is 4.17. The van der Waals surface area contributed by atoms with E-state index in [0.29, 0.717) is 25.8 Å². The third kappa shape index (κ3) is 7.32. The van der Waals surface area contributed by atoms with E-state index in [1.54, 1.807) is 24.3 Å². The van der Waals surface area contributed by atoms with Crippen molar-refractivity contribution in [3.8, 4) is 0 Å². The van der Waals surface area contributed by atoms with E-state index in [0.717, 1.165) is 11.1 Å². The summed E-state index contributed by atoms with van der Waals surface area (Å²) in [5, 5.41) is 14.7. The quantitative estimate of drug-likeness (QED) is 0.282. The van der Waals surface area contributed by atoms with Crippen molar-refractivity contribution < 1.29 is 24.3 Å². The van der Waals surface area contributed by atoms with Crippen LogP contribution in [0, 0.1) is 0 Å². The maximum atomic E-state index is 13.0. The van der Waals surface area contributed by atoms with Crippen molar-refractivity contribution >= 4 is 36.3 Å². The number of benzene rings is 2. The van der Waals surface area contributed by atoms with Crippen LogP contribution in [0.4, 0.5) is 0 Å². The van der Waals surface area contributed by atoms with Crippen LogP contribution in [0.25, 0.3) is 0 Å². The molecule has 0 bridgehead atoms. The molecule has 0 spiro atoms. The molecule has 192 valence electrons. The van der Waals surface area contributed by atoms with Crippen LogP contribution in [-0.4, -0.2) is 70.2 Å². The highest BCUT2D eigenvalue weighted by molar-refractivity contribution is 7.80. The maximum absolute atomic E-state index is 13.0. The first-order valence-electron chi connectivity index (χ1n) is 11.9. The number of carbonyl (C=O) groups excluding carboxylic acids is 3. The zero-order chi connectivity index (χ0) is 26.1. The van der Waals surface area contributed by atoms with Crippen molar-refractivity contribution in [2.24, 2.45) is 5.73 Å². The fourth-order valence-corrected chi connectivity index (χ4v) is 4.51. The highest BCUT2D eigenvalue weighted by Gasteiger charge is 2.37. The fourth-order valence-electron chi connectivity index (χ4n) is 4.26. The lowest BCUT2D eigenvalue weighted by molar-refractivity contribution is -0.142. The van der Waals surface area contributed by atoms with Crippen molar-refractivity contribution in [3.63, 3.8) is 0 Å². The molecule has 0 aromatic heterocycles. The maximum Gasteiger partial charge on any atom is 0.326 e. The first-order valence-corrected chi connectivity index (χ1v) is 12.5. The van der Waals surface area contributed by atoms with Crippen molar-refractivity contribution in [1.29, 1.82) is 0 Å². The predicted octanol–water partition coefficient (Wildman–Crippen LogP) is 0.774. The van der Waals surface area contributed by atoms with E-state index < -0.39 is 42.0 Å². The Morgan fingerprint density at radius 2 is 1.53 bits per heavy atom. The highest BCUT2D eigenvalue weighted by Crippen LogP contribution is 2.19. The summed E-state index contributed by atoms with van der Waals surface area (Å²) in [5.74, 6) is -2.69. The summed E-state index contributed by atoms with van der Waals surface area (Å²) in [6.07, 6.45) is 1.53. The van der Waals surface area contributed by atoms with Gasteiger partial charge < -0.3 is 26.4 Å². The lowest BCUT2D eigenvalue weighted by Gasteiger charge is -2.28. The second kappa shape index (κ2) is 13.1. The lowest BCUT2D eigenvalue weighted by atomic mass is 10.0. The Labute approximate surface area is 215 Å². The molecule has 1 saturated heterocycles. The lowest BCUT2D eigenvalue weighted by Crippen LogP contribution is -2.57. The molecule has 2 aromatic carbocycles. The van der Waals surface area contributed by atoms with Gasteiger partial charge in [0.1, 0.15) is 18.1 Å². The van der Waals surface area contributed by atoms with Crippen LogP contribution >= 0.6 is 12.6 Å². The third-order valence-corrected chi connectivity index (χ3v) is 6.53. The number of carbonyl (C=O) groups is 4. The van der Waals surface area contributed by atoms with E-state index in [1.807, 2.05) is 36.4 Å². The van der Waals surface area contributed by atoms with Crippen molar-refractivity contribution in [2.75, 3.05) is 12.3 Å². The molecule has 5 N–H and O–H groups in total. The molecule has 0 aliphatic carbocycles. The van der Waals surface area contributed by atoms with Gasteiger partial charge >= 0.3 is 5.97 Å². The van der Waals surface area contributed by atoms with Gasteiger partial charge in [-0.2, -0.15) is 12.6 Å². The minimum atomic E-state index is -1.18. The zero-order valence-electron chi connectivity index (χ0n) is 19.9. The van der Waals surface area contributed by atoms with Gasteiger partial charge in [-0.05, 0) is 30.4 Å². The van der Waals surface area contributed by atoms with Crippen LogP contribution in [0.2, 0.25) is 0 Å². The molecular weight excluding hydrogens is 480 g/mol. The molecule has 3 amide bonds. The molecule has 4 atom stereocenters. The number of carboxylic acids is 1. The molecule has 9 nitrogen and oxygen atoms in total. The molecule has 2 aromatic rings. The Morgan fingerprint density at radius 3 is 2.08 bits per heavy atom. The van der Waals surface area contributed by atoms with E-state index in [9.17, 15) is 24.3 Å². The Balaban J connectivity index is 1.60. The Hall–Kier alpha value is -3.37. The van der Waals surface area contributed by atoms with Crippen molar-refractivity contribution in [1.82, 2.24) is 15.5 Å². The topological polar surface area (TPSA) is 142 Å². The Kier molecular flexibility index (Phi) is 9.89. The van der Waals surface area contributed by atoms with Crippen LogP contribution in [-0.2, 0) is 32.0 Å². The molecule has 0 saturated carbocycles. The minimum absolute atomic E-state index is 0.0383. The van der Waals surface area contributed by atoms with Gasteiger partial charge in [0.05, 0.1) is 6.04 Å². The number of likely N-dealkylation sites (tertiary alicyclic amines) is 1. The molecule has 4 unspecified atom stereocenters. The molecule has 0 radical (unpaired) electrons. The van der Waals surface area contributed by atoms with Crippen LogP contribution in [0.3, 0.4) is 0 Å². The zero-order valence-corrected chi connectivity index (χ0v) is 20.8. The molecule has 3 rings (SSSR count). The standard InChI is InChI=1S/C26H32N4O5S/c27-19(14-17-8-3-1-4-9-17)25(33)30-13-7-12-22(30)24(32)29-21(16-36)23(31)28-20(26(34)35)15-18-10-5-2-6-11-18/h1-6,8-11,19-22,36H,7,12-16,27H2,(H,28,31)(H,29,32)(H,34,35).